The van der Waals surface area contributed by atoms with Crippen molar-refractivity contribution >= 4 is 17.7 Å². The summed E-state index contributed by atoms with van der Waals surface area (Å²) in [6.07, 6.45) is 2.16. The Labute approximate surface area is 150 Å². The zero-order chi connectivity index (χ0) is 19.5. The summed E-state index contributed by atoms with van der Waals surface area (Å²) >= 11 is 0. The maximum Gasteiger partial charge on any atom is 0.250 e. The number of nitrogens with two attached hydrogens (primary N) is 1. The standard InChI is InChI=1S/C18H33N3O4/c1-10(2)9-12(13(15(19)22)11-7-8-11)17(24)21(25)14(16(23)20-6)18(3,4)5/h10-14,25H,7-9H2,1-6H3,(H2,19,22)(H,20,23)/t12-,13+,14-/m1/s1. The fourth-order valence-electron chi connectivity index (χ4n) is 3.43. The lowest BCUT2D eigenvalue weighted by Crippen LogP contribution is -2.56. The van der Waals surface area contributed by atoms with Gasteiger partial charge in [-0.1, -0.05) is 34.6 Å². The van der Waals surface area contributed by atoms with Crippen LogP contribution in [0.15, 0.2) is 0 Å². The topological polar surface area (TPSA) is 113 Å². The number of rotatable bonds is 8. The van der Waals surface area contributed by atoms with Gasteiger partial charge in [0.15, 0.2) is 0 Å². The molecule has 1 fully saturated rings. The first-order valence-electron chi connectivity index (χ1n) is 8.94. The Kier molecular flexibility index (Phi) is 6.99. The highest BCUT2D eigenvalue weighted by Crippen LogP contribution is 2.43. The van der Waals surface area contributed by atoms with Crippen molar-refractivity contribution in [2.45, 2.75) is 59.9 Å². The van der Waals surface area contributed by atoms with E-state index in [4.69, 9.17) is 5.73 Å². The summed E-state index contributed by atoms with van der Waals surface area (Å²) in [4.78, 5) is 37.3. The Hall–Kier alpha value is -1.63. The molecule has 144 valence electrons. The second-order valence-electron chi connectivity index (χ2n) is 8.57. The van der Waals surface area contributed by atoms with Crippen LogP contribution in [0.2, 0.25) is 0 Å². The van der Waals surface area contributed by atoms with Gasteiger partial charge in [0.25, 0.3) is 5.91 Å². The number of likely N-dealkylation sites (N-methyl/N-ethyl adjacent to an activating group) is 1. The van der Waals surface area contributed by atoms with Gasteiger partial charge < -0.3 is 11.1 Å². The molecule has 1 aliphatic rings. The van der Waals surface area contributed by atoms with Gasteiger partial charge in [0.2, 0.25) is 11.8 Å². The van der Waals surface area contributed by atoms with E-state index in [0.717, 1.165) is 12.8 Å². The quantitative estimate of drug-likeness (QED) is 0.453. The minimum atomic E-state index is -1.05. The van der Waals surface area contributed by atoms with Crippen LogP contribution in [-0.4, -0.2) is 41.1 Å². The van der Waals surface area contributed by atoms with E-state index in [2.05, 4.69) is 5.32 Å². The number of nitrogens with zero attached hydrogens (tertiary/aromatic N) is 1. The fourth-order valence-corrected chi connectivity index (χ4v) is 3.43. The van der Waals surface area contributed by atoms with E-state index in [1.807, 2.05) is 13.8 Å². The molecule has 0 aromatic carbocycles. The fraction of sp³-hybridized carbons (Fsp3) is 0.833. The Morgan fingerprint density at radius 3 is 2.08 bits per heavy atom. The van der Waals surface area contributed by atoms with Crippen LogP contribution in [0.1, 0.15) is 53.9 Å². The SMILES string of the molecule is CNC(=O)[C@@H](N(O)C(=O)[C@H](CC(C)C)[C@@H](C(N)=O)C1CC1)C(C)(C)C. The van der Waals surface area contributed by atoms with Gasteiger partial charge >= 0.3 is 0 Å². The van der Waals surface area contributed by atoms with Crippen LogP contribution in [0.3, 0.4) is 0 Å². The van der Waals surface area contributed by atoms with Crippen molar-refractivity contribution < 1.29 is 19.6 Å². The summed E-state index contributed by atoms with van der Waals surface area (Å²) in [6, 6.07) is -1.05. The van der Waals surface area contributed by atoms with E-state index in [0.29, 0.717) is 11.5 Å². The molecule has 7 heteroatoms. The number of hydrogen-bond donors (Lipinski definition) is 3. The Morgan fingerprint density at radius 1 is 1.24 bits per heavy atom. The molecule has 0 spiro atoms. The van der Waals surface area contributed by atoms with E-state index in [1.54, 1.807) is 20.8 Å². The zero-order valence-electron chi connectivity index (χ0n) is 16.2. The van der Waals surface area contributed by atoms with Gasteiger partial charge in [-0.15, -0.1) is 0 Å². The first kappa shape index (κ1) is 21.4. The van der Waals surface area contributed by atoms with E-state index in [1.165, 1.54) is 7.05 Å². The van der Waals surface area contributed by atoms with Crippen molar-refractivity contribution in [1.29, 1.82) is 0 Å². The van der Waals surface area contributed by atoms with Crippen molar-refractivity contribution in [3.63, 3.8) is 0 Å². The molecule has 3 atom stereocenters. The van der Waals surface area contributed by atoms with Gasteiger partial charge in [0.05, 0.1) is 11.8 Å². The molecule has 4 N–H and O–H groups in total. The number of primary amides is 1. The van der Waals surface area contributed by atoms with E-state index in [9.17, 15) is 19.6 Å². The van der Waals surface area contributed by atoms with Crippen molar-refractivity contribution in [2.24, 2.45) is 34.8 Å². The molecule has 0 radical (unpaired) electrons. The lowest BCUT2D eigenvalue weighted by molar-refractivity contribution is -0.195. The Balaban J connectivity index is 3.17. The predicted octanol–water partition coefficient (Wildman–Crippen LogP) is 1.54. The largest absolute Gasteiger partial charge is 0.369 e. The summed E-state index contributed by atoms with van der Waals surface area (Å²) in [7, 11) is 1.46. The van der Waals surface area contributed by atoms with Crippen LogP contribution in [0, 0.1) is 29.1 Å². The maximum absolute atomic E-state index is 13.1. The molecule has 25 heavy (non-hydrogen) atoms. The van der Waals surface area contributed by atoms with E-state index < -0.39 is 41.0 Å². The van der Waals surface area contributed by atoms with Crippen LogP contribution < -0.4 is 11.1 Å². The van der Waals surface area contributed by atoms with E-state index >= 15 is 0 Å². The third kappa shape index (κ3) is 5.42. The van der Waals surface area contributed by atoms with Crippen LogP contribution >= 0.6 is 0 Å². The van der Waals surface area contributed by atoms with Crippen LogP contribution in [0.4, 0.5) is 0 Å². The van der Waals surface area contributed by atoms with Gasteiger partial charge in [-0.05, 0) is 36.5 Å². The number of carbonyl (C=O) groups is 3. The highest BCUT2D eigenvalue weighted by atomic mass is 16.5. The van der Waals surface area contributed by atoms with Crippen molar-refractivity contribution in [2.75, 3.05) is 7.05 Å². The highest BCUT2D eigenvalue weighted by Gasteiger charge is 2.47. The van der Waals surface area contributed by atoms with Gasteiger partial charge in [0.1, 0.15) is 6.04 Å². The monoisotopic (exact) mass is 355 g/mol. The molecule has 7 nitrogen and oxygen atoms in total. The Bertz CT molecular complexity index is 509. The van der Waals surface area contributed by atoms with Gasteiger partial charge in [-0.3, -0.25) is 19.6 Å². The lowest BCUT2D eigenvalue weighted by atomic mass is 9.79. The third-order valence-electron chi connectivity index (χ3n) is 4.72. The van der Waals surface area contributed by atoms with Crippen molar-refractivity contribution in [3.05, 3.63) is 0 Å². The zero-order valence-corrected chi connectivity index (χ0v) is 16.2. The normalized spacial score (nSPS) is 18.4. The van der Waals surface area contributed by atoms with Gasteiger partial charge in [0, 0.05) is 7.05 Å². The maximum atomic E-state index is 13.1. The molecule has 0 bridgehead atoms. The third-order valence-corrected chi connectivity index (χ3v) is 4.72. The molecule has 1 rings (SSSR count). The average molecular weight is 355 g/mol. The van der Waals surface area contributed by atoms with Crippen LogP contribution in [0.5, 0.6) is 0 Å². The second-order valence-corrected chi connectivity index (χ2v) is 8.57. The number of carbonyl (C=O) groups excluding carboxylic acids is 3. The van der Waals surface area contributed by atoms with Crippen LogP contribution in [0.25, 0.3) is 0 Å². The minimum absolute atomic E-state index is 0.0895. The second kappa shape index (κ2) is 8.17. The van der Waals surface area contributed by atoms with Gasteiger partial charge in [-0.25, -0.2) is 5.06 Å². The first-order chi connectivity index (χ1) is 11.4. The predicted molar refractivity (Wildman–Crippen MR) is 94.3 cm³/mol. The summed E-state index contributed by atoms with van der Waals surface area (Å²) in [6.45, 7) is 9.22. The minimum Gasteiger partial charge on any atom is -0.369 e. The lowest BCUT2D eigenvalue weighted by Gasteiger charge is -2.37. The highest BCUT2D eigenvalue weighted by molar-refractivity contribution is 5.91. The molecule has 0 unspecified atom stereocenters. The molecule has 0 aliphatic heterocycles. The smallest absolute Gasteiger partial charge is 0.250 e. The molecule has 0 aromatic heterocycles. The number of nitrogens with one attached hydrogen (secondary N) is 1. The molecule has 0 aromatic rings. The summed E-state index contributed by atoms with van der Waals surface area (Å²) in [5.41, 5.74) is 4.90. The summed E-state index contributed by atoms with van der Waals surface area (Å²) < 4.78 is 0. The molecular weight excluding hydrogens is 322 g/mol. The Morgan fingerprint density at radius 2 is 1.76 bits per heavy atom. The average Bonchev–Trinajstić information content (AvgIpc) is 3.27. The van der Waals surface area contributed by atoms with Crippen LogP contribution in [-0.2, 0) is 14.4 Å². The molecule has 0 heterocycles. The van der Waals surface area contributed by atoms with Gasteiger partial charge in [-0.2, -0.15) is 0 Å². The van der Waals surface area contributed by atoms with E-state index in [-0.39, 0.29) is 11.8 Å². The number of hydrogen-bond acceptors (Lipinski definition) is 4. The molecular formula is C18H33N3O4. The van der Waals surface area contributed by atoms with Crippen molar-refractivity contribution in [1.82, 2.24) is 10.4 Å². The summed E-state index contributed by atoms with van der Waals surface area (Å²) in [5, 5.41) is 13.6. The molecule has 1 aliphatic carbocycles. The molecule has 3 amide bonds. The molecule has 1 saturated carbocycles. The number of hydroxylamine groups is 2. The molecule has 0 saturated heterocycles. The number of amides is 3. The summed E-state index contributed by atoms with van der Waals surface area (Å²) in [5.74, 6) is -2.65. The first-order valence-corrected chi connectivity index (χ1v) is 8.94. The van der Waals surface area contributed by atoms with Crippen molar-refractivity contribution in [3.8, 4) is 0 Å².